The summed E-state index contributed by atoms with van der Waals surface area (Å²) in [6.07, 6.45) is 2.49. The monoisotopic (exact) mass is 691 g/mol. The molecule has 0 saturated carbocycles. The van der Waals surface area contributed by atoms with E-state index in [9.17, 15) is 24.3 Å². The number of aliphatic hydroxyl groups is 1. The number of fused-ring (bicyclic) bond motifs is 5. The minimum Gasteiger partial charge on any atom is -0.457 e. The predicted molar refractivity (Wildman–Crippen MR) is 181 cm³/mol. The van der Waals surface area contributed by atoms with Crippen LogP contribution in [0, 0.1) is 18.8 Å². The van der Waals surface area contributed by atoms with Crippen molar-refractivity contribution < 1.29 is 38.5 Å². The standard InChI is InChI=1S/C34H46ClN3O8S/c1-18-9-8-10-20(3)34(43)17-26(45-33(42)36-34)21(4)30-31(46-30)25(44-32(41)22(5)37(6)27(39)11-12-47)16-28(40)38(7)24-15-23(13-18)14-19(2)29(24)35/h8-10,14-15,20-22,25-26,30-31,43,47H,11-13,16-17H2,1-7H3,(H,36,42)/b10-8+,18-9+. The first kappa shape index (κ1) is 36.8. The van der Waals surface area contributed by atoms with Gasteiger partial charge in [0.1, 0.15) is 30.1 Å². The molecule has 1 aromatic rings. The van der Waals surface area contributed by atoms with Crippen LogP contribution in [0.2, 0.25) is 5.02 Å². The molecule has 0 aliphatic carbocycles. The van der Waals surface area contributed by atoms with E-state index in [0.29, 0.717) is 22.9 Å². The molecule has 4 bridgehead atoms. The molecule has 1 aromatic carbocycles. The van der Waals surface area contributed by atoms with Crippen LogP contribution in [-0.2, 0) is 35.0 Å². The van der Waals surface area contributed by atoms with Gasteiger partial charge in [0.15, 0.2) is 0 Å². The summed E-state index contributed by atoms with van der Waals surface area (Å²) in [5.74, 6) is -1.87. The average Bonchev–Trinajstić information content (AvgIpc) is 3.81. The Bertz CT molecular complexity index is 1450. The maximum Gasteiger partial charge on any atom is 0.409 e. The molecule has 3 heterocycles. The quantitative estimate of drug-likeness (QED) is 0.235. The molecule has 0 spiro atoms. The fourth-order valence-electron chi connectivity index (χ4n) is 6.06. The van der Waals surface area contributed by atoms with Crippen LogP contribution in [0.3, 0.4) is 0 Å². The largest absolute Gasteiger partial charge is 0.457 e. The third-order valence-corrected chi connectivity index (χ3v) is 10.2. The lowest BCUT2D eigenvalue weighted by Gasteiger charge is -2.41. The molecule has 8 unspecified atom stereocenters. The lowest BCUT2D eigenvalue weighted by atomic mass is 9.84. The van der Waals surface area contributed by atoms with Gasteiger partial charge >= 0.3 is 12.1 Å². The number of carbonyl (C=O) groups excluding carboxylic acids is 4. The third kappa shape index (κ3) is 8.51. The highest BCUT2D eigenvalue weighted by atomic mass is 35.5. The van der Waals surface area contributed by atoms with E-state index in [-0.39, 0.29) is 31.1 Å². The first-order valence-corrected chi connectivity index (χ1v) is 16.9. The number of rotatable bonds is 5. The number of esters is 1. The average molecular weight is 692 g/mol. The Labute approximate surface area is 287 Å². The minimum atomic E-state index is -1.58. The number of epoxide rings is 1. The zero-order valence-electron chi connectivity index (χ0n) is 28.0. The van der Waals surface area contributed by atoms with Gasteiger partial charge in [-0.1, -0.05) is 55.3 Å². The van der Waals surface area contributed by atoms with Crippen LogP contribution >= 0.6 is 24.2 Å². The van der Waals surface area contributed by atoms with E-state index in [1.165, 1.54) is 16.8 Å². The Hall–Kier alpha value is -3.06. The highest BCUT2D eigenvalue weighted by Gasteiger charge is 2.55. The molecule has 0 aromatic heterocycles. The number of halogens is 1. The van der Waals surface area contributed by atoms with Crippen LogP contribution in [0.5, 0.6) is 0 Å². The Morgan fingerprint density at radius 3 is 2.64 bits per heavy atom. The highest BCUT2D eigenvalue weighted by molar-refractivity contribution is 7.80. The lowest BCUT2D eigenvalue weighted by molar-refractivity contribution is -0.159. The van der Waals surface area contributed by atoms with Gasteiger partial charge in [-0.15, -0.1) is 0 Å². The number of alkyl carbamates (subject to hydrolysis) is 1. The second-order valence-corrected chi connectivity index (χ2v) is 13.8. The number of nitrogens with one attached hydrogen (secondary N) is 1. The first-order chi connectivity index (χ1) is 22.1. The first-order valence-electron chi connectivity index (χ1n) is 15.9. The summed E-state index contributed by atoms with van der Waals surface area (Å²) in [5, 5.41) is 14.5. The van der Waals surface area contributed by atoms with Gasteiger partial charge in [0.25, 0.3) is 0 Å². The maximum atomic E-state index is 13.8. The number of allylic oxidation sites excluding steroid dienone is 3. The second-order valence-electron chi connectivity index (χ2n) is 13.0. The van der Waals surface area contributed by atoms with Gasteiger partial charge in [-0.05, 0) is 50.1 Å². The lowest BCUT2D eigenvalue weighted by Crippen LogP contribution is -2.60. The van der Waals surface area contributed by atoms with Gasteiger partial charge in [-0.3, -0.25) is 14.9 Å². The number of nitrogens with zero attached hydrogens (tertiary/aromatic N) is 2. The van der Waals surface area contributed by atoms with Crippen molar-refractivity contribution in [1.29, 1.82) is 0 Å². The van der Waals surface area contributed by atoms with Crippen molar-refractivity contribution in [1.82, 2.24) is 10.2 Å². The predicted octanol–water partition coefficient (Wildman–Crippen LogP) is 4.37. The molecule has 47 heavy (non-hydrogen) atoms. The molecule has 2 fully saturated rings. The van der Waals surface area contributed by atoms with Gasteiger partial charge < -0.3 is 29.1 Å². The highest BCUT2D eigenvalue weighted by Crippen LogP contribution is 2.41. The van der Waals surface area contributed by atoms with Crippen molar-refractivity contribution in [2.24, 2.45) is 11.8 Å². The van der Waals surface area contributed by atoms with Crippen molar-refractivity contribution in [3.05, 3.63) is 52.1 Å². The van der Waals surface area contributed by atoms with Crippen LogP contribution in [-0.4, -0.2) is 89.9 Å². The second kappa shape index (κ2) is 15.0. The Kier molecular flexibility index (Phi) is 11.7. The minimum absolute atomic E-state index is 0.0888. The molecule has 2 N–H and O–H groups in total. The Morgan fingerprint density at radius 1 is 1.26 bits per heavy atom. The van der Waals surface area contributed by atoms with Gasteiger partial charge in [0.05, 0.1) is 23.2 Å². The molecule has 3 amide bonds. The summed E-state index contributed by atoms with van der Waals surface area (Å²) in [4.78, 5) is 55.0. The molecule has 13 heteroatoms. The number of amides is 3. The molecule has 3 aliphatic rings. The van der Waals surface area contributed by atoms with Crippen molar-refractivity contribution in [2.45, 2.75) is 96.5 Å². The van der Waals surface area contributed by atoms with E-state index in [0.717, 1.165) is 16.7 Å². The van der Waals surface area contributed by atoms with Gasteiger partial charge in [-0.2, -0.15) is 12.6 Å². The fourth-order valence-corrected chi connectivity index (χ4v) is 6.49. The summed E-state index contributed by atoms with van der Waals surface area (Å²) >= 11 is 10.8. The fraction of sp³-hybridized carbons (Fsp3) is 0.588. The molecule has 0 radical (unpaired) electrons. The van der Waals surface area contributed by atoms with Crippen LogP contribution in [0.15, 0.2) is 35.9 Å². The van der Waals surface area contributed by atoms with Gasteiger partial charge in [0.2, 0.25) is 11.8 Å². The van der Waals surface area contributed by atoms with Crippen LogP contribution < -0.4 is 10.2 Å². The topological polar surface area (TPSA) is 138 Å². The molecule has 11 nitrogen and oxygen atoms in total. The van der Waals surface area contributed by atoms with E-state index in [1.807, 2.05) is 58.1 Å². The maximum absolute atomic E-state index is 13.8. The van der Waals surface area contributed by atoms with Crippen molar-refractivity contribution in [3.8, 4) is 0 Å². The number of benzene rings is 1. The molecule has 3 aliphatic heterocycles. The number of aryl methyl sites for hydroxylation is 1. The van der Waals surface area contributed by atoms with E-state index in [2.05, 4.69) is 17.9 Å². The molecule has 8 atom stereocenters. The normalized spacial score (nSPS) is 32.1. The molecule has 4 rings (SSSR count). The zero-order chi connectivity index (χ0) is 34.8. The summed E-state index contributed by atoms with van der Waals surface area (Å²) in [6.45, 7) is 9.06. The van der Waals surface area contributed by atoms with E-state index >= 15 is 0 Å². The number of thiol groups is 1. The molecule has 258 valence electrons. The third-order valence-electron chi connectivity index (χ3n) is 9.45. The van der Waals surface area contributed by atoms with Crippen molar-refractivity contribution in [3.63, 3.8) is 0 Å². The Morgan fingerprint density at radius 2 is 1.96 bits per heavy atom. The number of likely N-dealkylation sites (N-methyl/N-ethyl adjacent to an activating group) is 1. The number of hydrogen-bond acceptors (Lipinski definition) is 9. The van der Waals surface area contributed by atoms with Crippen molar-refractivity contribution >= 4 is 53.8 Å². The van der Waals surface area contributed by atoms with Crippen LogP contribution in [0.25, 0.3) is 0 Å². The summed E-state index contributed by atoms with van der Waals surface area (Å²) in [5.41, 5.74) is 1.72. The summed E-state index contributed by atoms with van der Waals surface area (Å²) in [6, 6.07) is 2.91. The summed E-state index contributed by atoms with van der Waals surface area (Å²) in [7, 11) is 3.13. The number of carbonyl (C=O) groups is 4. The SMILES string of the molecule is C/C1=C\C=C\C(C)C2(O)CC(OC(=O)N2)C(C)C2OC2C(OC(=O)C(C)N(C)C(=O)CCS)CC(=O)N(C)c2cc(cc(C)c2Cl)C1. The number of hydrogen-bond donors (Lipinski definition) is 3. The summed E-state index contributed by atoms with van der Waals surface area (Å²) < 4.78 is 17.6. The molecular weight excluding hydrogens is 646 g/mol. The van der Waals surface area contributed by atoms with E-state index in [1.54, 1.807) is 14.0 Å². The Balaban J connectivity index is 1.70. The van der Waals surface area contributed by atoms with Gasteiger partial charge in [-0.25, -0.2) is 9.59 Å². The zero-order valence-corrected chi connectivity index (χ0v) is 29.6. The van der Waals surface area contributed by atoms with Crippen LogP contribution in [0.1, 0.15) is 58.1 Å². The molecular formula is C34H46ClN3O8S. The van der Waals surface area contributed by atoms with E-state index < -0.39 is 60.1 Å². The number of anilines is 1. The molecule has 2 saturated heterocycles. The van der Waals surface area contributed by atoms with E-state index in [4.69, 9.17) is 25.8 Å². The van der Waals surface area contributed by atoms with Gasteiger partial charge in [0, 0.05) is 38.8 Å². The smallest absolute Gasteiger partial charge is 0.409 e. The van der Waals surface area contributed by atoms with Crippen LogP contribution in [0.4, 0.5) is 10.5 Å². The van der Waals surface area contributed by atoms with Crippen molar-refractivity contribution in [2.75, 3.05) is 24.7 Å². The number of ether oxygens (including phenoxy) is 3.